The zero-order valence-corrected chi connectivity index (χ0v) is 16.1. The smallest absolute Gasteiger partial charge is 0.111 e. The Kier molecular flexibility index (Phi) is 3.13. The normalized spacial score (nSPS) is 27.8. The summed E-state index contributed by atoms with van der Waals surface area (Å²) >= 11 is 0. The Bertz CT molecular complexity index is 1040. The van der Waals surface area contributed by atoms with Gasteiger partial charge in [0.15, 0.2) is 0 Å². The summed E-state index contributed by atoms with van der Waals surface area (Å²) < 4.78 is 2.63. The molecule has 138 valence electrons. The summed E-state index contributed by atoms with van der Waals surface area (Å²) in [4.78, 5) is 7.68. The summed E-state index contributed by atoms with van der Waals surface area (Å²) in [7, 11) is 4.56. The maximum atomic E-state index is 2.64. The number of hydrogen-bond acceptors (Lipinski definition) is 3. The third-order valence-electron chi connectivity index (χ3n) is 7.05. The standard InChI is InChI=1S/C23H26N4/c1-24-13-11-17-15-27(20-9-5-3-7-18(17)20)23-12-14-25(2)22(23)26(16-24)21-10-6-4-8-19(21)23/h3-10,15,22H,11-14,16H2,1-2H3/t22-,23-/m0/s1. The Balaban J connectivity index is 1.74. The molecule has 2 aromatic carbocycles. The van der Waals surface area contributed by atoms with E-state index in [-0.39, 0.29) is 5.54 Å². The number of benzene rings is 2. The van der Waals surface area contributed by atoms with Crippen LogP contribution in [-0.2, 0) is 12.0 Å². The van der Waals surface area contributed by atoms with Crippen molar-refractivity contribution in [2.45, 2.75) is 24.5 Å². The first kappa shape index (κ1) is 15.7. The second kappa shape index (κ2) is 5.37. The number of likely N-dealkylation sites (tertiary alicyclic amines) is 1. The van der Waals surface area contributed by atoms with Gasteiger partial charge in [-0.25, -0.2) is 0 Å². The quantitative estimate of drug-likeness (QED) is 0.613. The van der Waals surface area contributed by atoms with Crippen LogP contribution >= 0.6 is 0 Å². The zero-order valence-electron chi connectivity index (χ0n) is 16.1. The number of hydrogen-bond donors (Lipinski definition) is 0. The van der Waals surface area contributed by atoms with Crippen LogP contribution in [0.4, 0.5) is 5.69 Å². The van der Waals surface area contributed by atoms with E-state index >= 15 is 0 Å². The molecule has 0 spiro atoms. The van der Waals surface area contributed by atoms with Crippen LogP contribution < -0.4 is 4.90 Å². The van der Waals surface area contributed by atoms with E-state index < -0.39 is 0 Å². The average molecular weight is 358 g/mol. The number of anilines is 1. The molecule has 4 heteroatoms. The van der Waals surface area contributed by atoms with Gasteiger partial charge in [-0.15, -0.1) is 0 Å². The topological polar surface area (TPSA) is 14.7 Å². The molecule has 1 saturated heterocycles. The summed E-state index contributed by atoms with van der Waals surface area (Å²) in [6, 6.07) is 18.1. The van der Waals surface area contributed by atoms with Gasteiger partial charge in [-0.3, -0.25) is 9.80 Å². The van der Waals surface area contributed by atoms with Gasteiger partial charge in [-0.05, 0) is 44.6 Å². The molecule has 0 radical (unpaired) electrons. The molecule has 2 atom stereocenters. The van der Waals surface area contributed by atoms with Crippen LogP contribution in [0.5, 0.6) is 0 Å². The van der Waals surface area contributed by atoms with E-state index in [0.29, 0.717) is 6.17 Å². The van der Waals surface area contributed by atoms with Crippen LogP contribution in [0.2, 0.25) is 0 Å². The summed E-state index contributed by atoms with van der Waals surface area (Å²) in [5.74, 6) is 0. The molecule has 27 heavy (non-hydrogen) atoms. The molecule has 1 fully saturated rings. The maximum Gasteiger partial charge on any atom is 0.111 e. The predicted molar refractivity (Wildman–Crippen MR) is 110 cm³/mol. The molecule has 3 aliphatic heterocycles. The molecule has 4 bridgehead atoms. The Morgan fingerprint density at radius 1 is 0.963 bits per heavy atom. The van der Waals surface area contributed by atoms with Crippen LogP contribution in [0.25, 0.3) is 10.9 Å². The summed E-state index contributed by atoms with van der Waals surface area (Å²) in [6.45, 7) is 3.18. The van der Waals surface area contributed by atoms with Gasteiger partial charge in [0, 0.05) is 41.4 Å². The van der Waals surface area contributed by atoms with Gasteiger partial charge in [0.05, 0.1) is 6.67 Å². The minimum absolute atomic E-state index is 0.0125. The van der Waals surface area contributed by atoms with Gasteiger partial charge < -0.3 is 9.47 Å². The van der Waals surface area contributed by atoms with Crippen LogP contribution in [-0.4, -0.2) is 54.4 Å². The van der Waals surface area contributed by atoms with Crippen molar-refractivity contribution < 1.29 is 0 Å². The molecule has 1 aromatic heterocycles. The van der Waals surface area contributed by atoms with Gasteiger partial charge in [-0.2, -0.15) is 0 Å². The molecule has 6 rings (SSSR count). The number of rotatable bonds is 0. The lowest BCUT2D eigenvalue weighted by Gasteiger charge is -2.40. The van der Waals surface area contributed by atoms with Crippen molar-refractivity contribution in [2.24, 2.45) is 0 Å². The highest BCUT2D eigenvalue weighted by Crippen LogP contribution is 2.54. The van der Waals surface area contributed by atoms with E-state index in [1.807, 2.05) is 0 Å². The molecular weight excluding hydrogens is 332 g/mol. The second-order valence-corrected chi connectivity index (χ2v) is 8.53. The first-order valence-corrected chi connectivity index (χ1v) is 10.0. The Morgan fingerprint density at radius 3 is 2.70 bits per heavy atom. The Hall–Kier alpha value is -2.30. The van der Waals surface area contributed by atoms with Crippen molar-refractivity contribution in [2.75, 3.05) is 38.8 Å². The van der Waals surface area contributed by atoms with E-state index in [0.717, 1.165) is 32.6 Å². The zero-order chi connectivity index (χ0) is 18.2. The maximum absolute atomic E-state index is 2.64. The third-order valence-corrected chi connectivity index (χ3v) is 7.05. The highest BCUT2D eigenvalue weighted by Gasteiger charge is 2.58. The molecular formula is C23H26N4. The number of likely N-dealkylation sites (N-methyl/N-ethyl adjacent to an activating group) is 2. The number of aromatic nitrogens is 1. The van der Waals surface area contributed by atoms with Crippen LogP contribution in [0.1, 0.15) is 17.5 Å². The highest BCUT2D eigenvalue weighted by molar-refractivity contribution is 5.85. The molecule has 0 unspecified atom stereocenters. The van der Waals surface area contributed by atoms with E-state index in [4.69, 9.17) is 0 Å². The number of para-hydroxylation sites is 2. The van der Waals surface area contributed by atoms with Crippen LogP contribution in [0.3, 0.4) is 0 Å². The molecule has 0 amide bonds. The minimum atomic E-state index is -0.0125. The van der Waals surface area contributed by atoms with Gasteiger partial charge in [0.1, 0.15) is 11.7 Å². The van der Waals surface area contributed by atoms with Crippen LogP contribution in [0.15, 0.2) is 54.7 Å². The third kappa shape index (κ3) is 1.90. The average Bonchev–Trinajstić information content (AvgIpc) is 3.31. The van der Waals surface area contributed by atoms with Gasteiger partial charge in [0.2, 0.25) is 0 Å². The Morgan fingerprint density at radius 2 is 1.78 bits per heavy atom. The van der Waals surface area contributed by atoms with E-state index in [1.165, 1.54) is 27.7 Å². The second-order valence-electron chi connectivity index (χ2n) is 8.53. The Labute approximate surface area is 160 Å². The molecule has 0 aliphatic carbocycles. The monoisotopic (exact) mass is 358 g/mol. The van der Waals surface area contributed by atoms with Crippen molar-refractivity contribution in [3.8, 4) is 0 Å². The summed E-state index contributed by atoms with van der Waals surface area (Å²) in [5, 5.41) is 1.42. The number of fused-ring (bicyclic) bond motifs is 7. The summed E-state index contributed by atoms with van der Waals surface area (Å²) in [5.41, 5.74) is 5.75. The SMILES string of the molecule is CN1CCc2cn(c3ccccc23)[C@]23CCN(C)[C@H]2N(C1)c1ccccc13. The van der Waals surface area contributed by atoms with Gasteiger partial charge >= 0.3 is 0 Å². The predicted octanol–water partition coefficient (Wildman–Crippen LogP) is 3.31. The van der Waals surface area contributed by atoms with E-state index in [2.05, 4.69) is 88.1 Å². The molecule has 4 heterocycles. The number of nitrogens with zero attached hydrogens (tertiary/aromatic N) is 4. The summed E-state index contributed by atoms with van der Waals surface area (Å²) in [6.07, 6.45) is 5.09. The molecule has 0 saturated carbocycles. The van der Waals surface area contributed by atoms with Gasteiger partial charge in [0.25, 0.3) is 0 Å². The largest absolute Gasteiger partial charge is 0.340 e. The fourth-order valence-corrected chi connectivity index (χ4v) is 5.90. The molecule has 0 N–H and O–H groups in total. The van der Waals surface area contributed by atoms with Crippen molar-refractivity contribution in [1.82, 2.24) is 14.4 Å². The highest BCUT2D eigenvalue weighted by atomic mass is 15.5. The van der Waals surface area contributed by atoms with E-state index in [1.54, 1.807) is 0 Å². The van der Waals surface area contributed by atoms with Gasteiger partial charge in [-0.1, -0.05) is 36.4 Å². The van der Waals surface area contributed by atoms with Crippen molar-refractivity contribution in [1.29, 1.82) is 0 Å². The fraction of sp³-hybridized carbons (Fsp3) is 0.391. The van der Waals surface area contributed by atoms with Crippen molar-refractivity contribution in [3.05, 3.63) is 65.9 Å². The molecule has 3 aromatic rings. The first-order valence-electron chi connectivity index (χ1n) is 10.0. The fourth-order valence-electron chi connectivity index (χ4n) is 5.90. The molecule has 3 aliphatic rings. The minimum Gasteiger partial charge on any atom is -0.340 e. The van der Waals surface area contributed by atoms with E-state index in [9.17, 15) is 0 Å². The van der Waals surface area contributed by atoms with Crippen LogP contribution in [0, 0.1) is 0 Å². The lowest BCUT2D eigenvalue weighted by Crippen LogP contribution is -2.54. The van der Waals surface area contributed by atoms with Crippen molar-refractivity contribution in [3.63, 3.8) is 0 Å². The molecule has 4 nitrogen and oxygen atoms in total. The first-order chi connectivity index (χ1) is 13.2. The lowest BCUT2D eigenvalue weighted by molar-refractivity contribution is 0.202. The van der Waals surface area contributed by atoms with Crippen molar-refractivity contribution >= 4 is 16.6 Å². The lowest BCUT2D eigenvalue weighted by atomic mass is 9.88.